The Balaban J connectivity index is 2.55. The second kappa shape index (κ2) is 3.42. The van der Waals surface area contributed by atoms with Gasteiger partial charge in [-0.25, -0.2) is 0 Å². The van der Waals surface area contributed by atoms with Gasteiger partial charge in [-0.3, -0.25) is 4.68 Å². The Kier molecular flexibility index (Phi) is 2.23. The Bertz CT molecular complexity index is 498. The van der Waals surface area contributed by atoms with Crippen LogP contribution in [0, 0.1) is 13.8 Å². The molecule has 0 fully saturated rings. The first kappa shape index (κ1) is 9.77. The van der Waals surface area contributed by atoms with E-state index in [9.17, 15) is 0 Å². The van der Waals surface area contributed by atoms with Crippen LogP contribution in [0.25, 0.3) is 11.1 Å². The molecule has 2 aromatic rings. The standard InChI is InChI=1S/C12H15N3/c1-8-4-5-10(6-12(8)13)11-7-14-15(3)9(11)2/h4-7H,13H2,1-3H3. The van der Waals surface area contributed by atoms with Crippen molar-refractivity contribution in [2.24, 2.45) is 7.05 Å². The molecule has 0 saturated carbocycles. The Labute approximate surface area is 89.5 Å². The summed E-state index contributed by atoms with van der Waals surface area (Å²) >= 11 is 0. The average molecular weight is 201 g/mol. The Hall–Kier alpha value is -1.77. The molecule has 15 heavy (non-hydrogen) atoms. The molecule has 0 amide bonds. The van der Waals surface area contributed by atoms with Gasteiger partial charge in [0, 0.05) is 24.0 Å². The molecule has 3 heteroatoms. The quantitative estimate of drug-likeness (QED) is 0.719. The lowest BCUT2D eigenvalue weighted by molar-refractivity contribution is 0.740. The Morgan fingerprint density at radius 3 is 2.53 bits per heavy atom. The van der Waals surface area contributed by atoms with Crippen LogP contribution in [0.4, 0.5) is 5.69 Å². The maximum Gasteiger partial charge on any atom is 0.0571 e. The van der Waals surface area contributed by atoms with Gasteiger partial charge < -0.3 is 5.73 Å². The van der Waals surface area contributed by atoms with Crippen LogP contribution in [-0.2, 0) is 7.05 Å². The molecule has 0 aliphatic heterocycles. The summed E-state index contributed by atoms with van der Waals surface area (Å²) in [6, 6.07) is 6.12. The maximum atomic E-state index is 5.89. The van der Waals surface area contributed by atoms with Gasteiger partial charge in [0.25, 0.3) is 0 Å². The van der Waals surface area contributed by atoms with E-state index in [2.05, 4.69) is 18.1 Å². The molecule has 1 aromatic heterocycles. The van der Waals surface area contributed by atoms with Crippen molar-refractivity contribution in [3.05, 3.63) is 35.7 Å². The van der Waals surface area contributed by atoms with Crippen molar-refractivity contribution < 1.29 is 0 Å². The van der Waals surface area contributed by atoms with Crippen LogP contribution < -0.4 is 5.73 Å². The third kappa shape index (κ3) is 1.61. The monoisotopic (exact) mass is 201 g/mol. The summed E-state index contributed by atoms with van der Waals surface area (Å²) in [7, 11) is 1.94. The zero-order valence-electron chi connectivity index (χ0n) is 9.28. The summed E-state index contributed by atoms with van der Waals surface area (Å²) in [6.45, 7) is 4.06. The van der Waals surface area contributed by atoms with Crippen LogP contribution >= 0.6 is 0 Å². The van der Waals surface area contributed by atoms with Crippen LogP contribution in [-0.4, -0.2) is 9.78 Å². The fourth-order valence-electron chi connectivity index (χ4n) is 1.59. The van der Waals surface area contributed by atoms with Crippen molar-refractivity contribution in [2.75, 3.05) is 5.73 Å². The predicted molar refractivity (Wildman–Crippen MR) is 62.5 cm³/mol. The minimum absolute atomic E-state index is 0.829. The average Bonchev–Trinajstić information content (AvgIpc) is 2.53. The molecule has 0 atom stereocenters. The van der Waals surface area contributed by atoms with E-state index in [4.69, 9.17) is 5.73 Å². The van der Waals surface area contributed by atoms with Crippen LogP contribution in [0.3, 0.4) is 0 Å². The molecular weight excluding hydrogens is 186 g/mol. The van der Waals surface area contributed by atoms with E-state index in [-0.39, 0.29) is 0 Å². The molecule has 0 radical (unpaired) electrons. The molecule has 1 aromatic carbocycles. The van der Waals surface area contributed by atoms with E-state index in [1.54, 1.807) is 0 Å². The van der Waals surface area contributed by atoms with Crippen LogP contribution in [0.5, 0.6) is 0 Å². The molecule has 78 valence electrons. The Morgan fingerprint density at radius 1 is 1.27 bits per heavy atom. The number of hydrogen-bond acceptors (Lipinski definition) is 2. The van der Waals surface area contributed by atoms with Crippen molar-refractivity contribution in [1.29, 1.82) is 0 Å². The molecule has 1 heterocycles. The van der Waals surface area contributed by atoms with Crippen molar-refractivity contribution in [1.82, 2.24) is 9.78 Å². The largest absolute Gasteiger partial charge is 0.398 e. The van der Waals surface area contributed by atoms with Gasteiger partial charge in [0.15, 0.2) is 0 Å². The number of rotatable bonds is 1. The summed E-state index contributed by atoms with van der Waals surface area (Å²) in [5, 5.41) is 4.22. The number of nitrogens with two attached hydrogens (primary N) is 1. The molecule has 0 aliphatic carbocycles. The fourth-order valence-corrected chi connectivity index (χ4v) is 1.59. The highest BCUT2D eigenvalue weighted by atomic mass is 15.3. The first-order valence-electron chi connectivity index (χ1n) is 4.94. The lowest BCUT2D eigenvalue weighted by Gasteiger charge is -2.04. The summed E-state index contributed by atoms with van der Waals surface area (Å²) in [6.07, 6.45) is 1.87. The van der Waals surface area contributed by atoms with Gasteiger partial charge in [-0.15, -0.1) is 0 Å². The summed E-state index contributed by atoms with van der Waals surface area (Å²) < 4.78 is 1.87. The fraction of sp³-hybridized carbons (Fsp3) is 0.250. The molecule has 0 spiro atoms. The first-order valence-corrected chi connectivity index (χ1v) is 4.94. The van der Waals surface area contributed by atoms with Crippen molar-refractivity contribution >= 4 is 5.69 Å². The number of nitrogen functional groups attached to an aromatic ring is 1. The van der Waals surface area contributed by atoms with Gasteiger partial charge in [-0.1, -0.05) is 12.1 Å². The number of aryl methyl sites for hydroxylation is 2. The smallest absolute Gasteiger partial charge is 0.0571 e. The highest BCUT2D eigenvalue weighted by Crippen LogP contribution is 2.25. The number of aromatic nitrogens is 2. The number of nitrogens with zero attached hydrogens (tertiary/aromatic N) is 2. The third-order valence-corrected chi connectivity index (χ3v) is 2.83. The molecule has 2 N–H and O–H groups in total. The molecule has 0 aliphatic rings. The number of benzene rings is 1. The predicted octanol–water partition coefficient (Wildman–Crippen LogP) is 2.29. The van der Waals surface area contributed by atoms with Crippen LogP contribution in [0.1, 0.15) is 11.3 Å². The maximum absolute atomic E-state index is 5.89. The van der Waals surface area contributed by atoms with Crippen LogP contribution in [0.2, 0.25) is 0 Å². The summed E-state index contributed by atoms with van der Waals surface area (Å²) in [4.78, 5) is 0. The zero-order chi connectivity index (χ0) is 11.0. The van der Waals surface area contributed by atoms with Gasteiger partial charge >= 0.3 is 0 Å². The highest BCUT2D eigenvalue weighted by molar-refractivity contribution is 5.70. The van der Waals surface area contributed by atoms with Crippen molar-refractivity contribution in [3.63, 3.8) is 0 Å². The van der Waals surface area contributed by atoms with Gasteiger partial charge in [-0.2, -0.15) is 5.10 Å². The third-order valence-electron chi connectivity index (χ3n) is 2.83. The van der Waals surface area contributed by atoms with E-state index in [0.29, 0.717) is 0 Å². The topological polar surface area (TPSA) is 43.8 Å². The molecule has 3 nitrogen and oxygen atoms in total. The molecule has 0 unspecified atom stereocenters. The second-order valence-electron chi connectivity index (χ2n) is 3.84. The number of anilines is 1. The first-order chi connectivity index (χ1) is 7.09. The van der Waals surface area contributed by atoms with E-state index in [0.717, 1.165) is 28.1 Å². The zero-order valence-corrected chi connectivity index (χ0v) is 9.28. The van der Waals surface area contributed by atoms with E-state index < -0.39 is 0 Å². The molecule has 0 bridgehead atoms. The second-order valence-corrected chi connectivity index (χ2v) is 3.84. The minimum Gasteiger partial charge on any atom is -0.398 e. The Morgan fingerprint density at radius 2 is 2.00 bits per heavy atom. The van der Waals surface area contributed by atoms with Gasteiger partial charge in [0.05, 0.1) is 6.20 Å². The SMILES string of the molecule is Cc1ccc(-c2cnn(C)c2C)cc1N. The lowest BCUT2D eigenvalue weighted by Crippen LogP contribution is -1.93. The minimum atomic E-state index is 0.829. The summed E-state index contributed by atoms with van der Waals surface area (Å²) in [5.41, 5.74) is 11.3. The highest BCUT2D eigenvalue weighted by Gasteiger charge is 2.06. The van der Waals surface area contributed by atoms with E-state index >= 15 is 0 Å². The van der Waals surface area contributed by atoms with E-state index in [1.807, 2.05) is 37.0 Å². The summed E-state index contributed by atoms with van der Waals surface area (Å²) in [5.74, 6) is 0. The van der Waals surface area contributed by atoms with Gasteiger partial charge in [0.2, 0.25) is 0 Å². The lowest BCUT2D eigenvalue weighted by atomic mass is 10.0. The van der Waals surface area contributed by atoms with Crippen LogP contribution in [0.15, 0.2) is 24.4 Å². The van der Waals surface area contributed by atoms with Gasteiger partial charge in [0.1, 0.15) is 0 Å². The van der Waals surface area contributed by atoms with Crippen molar-refractivity contribution in [3.8, 4) is 11.1 Å². The molecule has 2 rings (SSSR count). The van der Waals surface area contributed by atoms with E-state index in [1.165, 1.54) is 0 Å². The number of hydrogen-bond donors (Lipinski definition) is 1. The molecule has 0 saturated heterocycles. The normalized spacial score (nSPS) is 10.6. The van der Waals surface area contributed by atoms with Gasteiger partial charge in [-0.05, 0) is 31.0 Å². The van der Waals surface area contributed by atoms with Crippen molar-refractivity contribution in [2.45, 2.75) is 13.8 Å². The molecular formula is C12H15N3.